The van der Waals surface area contributed by atoms with Crippen LogP contribution in [0, 0.1) is 12.3 Å². The highest BCUT2D eigenvalue weighted by molar-refractivity contribution is 6.55. The van der Waals surface area contributed by atoms with Crippen LogP contribution in [0.4, 0.5) is 0 Å². The van der Waals surface area contributed by atoms with Crippen molar-refractivity contribution in [3.8, 4) is 0 Å². The van der Waals surface area contributed by atoms with Gasteiger partial charge in [0.1, 0.15) is 23.7 Å². The molecule has 2 unspecified atom stereocenters. The Labute approximate surface area is 274 Å². The Morgan fingerprint density at radius 3 is 2.04 bits per heavy atom. The van der Waals surface area contributed by atoms with Crippen LogP contribution in [-0.2, 0) is 24.5 Å². The van der Waals surface area contributed by atoms with Crippen LogP contribution in [0.1, 0.15) is 97.9 Å². The molecule has 0 saturated carbocycles. The molecule has 0 bridgehead atoms. The summed E-state index contributed by atoms with van der Waals surface area (Å²) in [6.07, 6.45) is 0.315. The minimum atomic E-state index is -0.459. The SMILES string of the molecule is CC1CC2=C(O1)c1ccc3ccc(C(C)(C)C)cc3c1C(=O)C2=O.Cc1cc2c(c3ccccc13)C(=O)C(=O)C1=C2OC(C)C1(C)C. The van der Waals surface area contributed by atoms with Crippen LogP contribution in [0.15, 0.2) is 71.8 Å². The number of ether oxygens (including phenoxy) is 2. The molecule has 4 aromatic rings. The first-order valence-corrected chi connectivity index (χ1v) is 16.2. The average molecular weight is 627 g/mol. The highest BCUT2D eigenvalue weighted by atomic mass is 16.5. The number of hydrogen-bond acceptors (Lipinski definition) is 6. The second-order valence-electron chi connectivity index (χ2n) is 14.8. The zero-order valence-corrected chi connectivity index (χ0v) is 28.1. The van der Waals surface area contributed by atoms with Gasteiger partial charge in [-0.1, -0.05) is 77.1 Å². The van der Waals surface area contributed by atoms with Crippen LogP contribution >= 0.6 is 0 Å². The Kier molecular flexibility index (Phi) is 6.77. The molecule has 2 aliphatic heterocycles. The largest absolute Gasteiger partial charge is 0.489 e. The third-order valence-corrected chi connectivity index (χ3v) is 10.3. The molecule has 0 fully saturated rings. The Hall–Kier alpha value is -4.84. The zero-order chi connectivity index (χ0) is 33.7. The van der Waals surface area contributed by atoms with E-state index in [2.05, 4.69) is 26.8 Å². The highest BCUT2D eigenvalue weighted by Gasteiger charge is 2.50. The summed E-state index contributed by atoms with van der Waals surface area (Å²) in [6, 6.07) is 19.8. The summed E-state index contributed by atoms with van der Waals surface area (Å²) in [7, 11) is 0. The lowest BCUT2D eigenvalue weighted by molar-refractivity contribution is -0.113. The lowest BCUT2D eigenvalue weighted by atomic mass is 9.73. The number of ketones is 4. The molecule has 0 amide bonds. The Morgan fingerprint density at radius 1 is 0.702 bits per heavy atom. The number of fused-ring (bicyclic) bond motifs is 8. The van der Waals surface area contributed by atoms with E-state index < -0.39 is 28.5 Å². The van der Waals surface area contributed by atoms with Gasteiger partial charge < -0.3 is 9.47 Å². The smallest absolute Gasteiger partial charge is 0.234 e. The molecule has 8 rings (SSSR count). The van der Waals surface area contributed by atoms with Crippen molar-refractivity contribution in [1.29, 1.82) is 0 Å². The summed E-state index contributed by atoms with van der Waals surface area (Å²) in [4.78, 5) is 51.0. The maximum absolute atomic E-state index is 12.8. The summed E-state index contributed by atoms with van der Waals surface area (Å²) >= 11 is 0. The normalized spacial score (nSPS) is 21.2. The van der Waals surface area contributed by atoms with E-state index in [1.54, 1.807) is 0 Å². The molecule has 0 radical (unpaired) electrons. The van der Waals surface area contributed by atoms with Crippen molar-refractivity contribution in [2.75, 3.05) is 0 Å². The molecule has 4 aliphatic rings. The first-order chi connectivity index (χ1) is 22.1. The van der Waals surface area contributed by atoms with Gasteiger partial charge in [-0.15, -0.1) is 0 Å². The zero-order valence-electron chi connectivity index (χ0n) is 28.1. The van der Waals surface area contributed by atoms with Crippen LogP contribution in [0.25, 0.3) is 33.1 Å². The van der Waals surface area contributed by atoms with Gasteiger partial charge in [0, 0.05) is 39.7 Å². The first kappa shape index (κ1) is 30.8. The topological polar surface area (TPSA) is 86.7 Å². The van der Waals surface area contributed by atoms with Gasteiger partial charge in [-0.2, -0.15) is 0 Å². The molecule has 0 saturated heterocycles. The van der Waals surface area contributed by atoms with Gasteiger partial charge in [-0.05, 0) is 77.1 Å². The summed E-state index contributed by atoms with van der Waals surface area (Å²) in [5.74, 6) is -0.452. The molecule has 0 N–H and O–H groups in total. The number of aryl methyl sites for hydroxylation is 1. The van der Waals surface area contributed by atoms with Gasteiger partial charge in [0.2, 0.25) is 23.1 Å². The average Bonchev–Trinajstić information content (AvgIpc) is 3.53. The van der Waals surface area contributed by atoms with E-state index in [1.807, 2.05) is 89.2 Å². The van der Waals surface area contributed by atoms with Crippen LogP contribution in [0.3, 0.4) is 0 Å². The van der Waals surface area contributed by atoms with E-state index in [-0.39, 0.29) is 17.6 Å². The van der Waals surface area contributed by atoms with Crippen LogP contribution < -0.4 is 0 Å². The maximum atomic E-state index is 12.8. The number of rotatable bonds is 0. The highest BCUT2D eigenvalue weighted by Crippen LogP contribution is 2.50. The van der Waals surface area contributed by atoms with E-state index in [9.17, 15) is 19.2 Å². The van der Waals surface area contributed by atoms with E-state index in [0.29, 0.717) is 40.2 Å². The van der Waals surface area contributed by atoms with Crippen molar-refractivity contribution in [2.24, 2.45) is 5.41 Å². The van der Waals surface area contributed by atoms with Gasteiger partial charge >= 0.3 is 0 Å². The van der Waals surface area contributed by atoms with Crippen LogP contribution in [-0.4, -0.2) is 35.3 Å². The molecule has 47 heavy (non-hydrogen) atoms. The molecule has 0 aromatic heterocycles. The van der Waals surface area contributed by atoms with Gasteiger partial charge in [-0.3, -0.25) is 19.2 Å². The maximum Gasteiger partial charge on any atom is 0.234 e. The predicted molar refractivity (Wildman–Crippen MR) is 183 cm³/mol. The van der Waals surface area contributed by atoms with Crippen molar-refractivity contribution in [2.45, 2.75) is 79.4 Å². The molecule has 0 spiro atoms. The molecule has 4 aromatic carbocycles. The molecule has 6 nitrogen and oxygen atoms in total. The third kappa shape index (κ3) is 4.52. The molecule has 238 valence electrons. The number of carbonyl (C=O) groups is 4. The van der Waals surface area contributed by atoms with Gasteiger partial charge in [0.15, 0.2) is 0 Å². The molecule has 2 atom stereocenters. The lowest BCUT2D eigenvalue weighted by Crippen LogP contribution is -2.32. The number of benzene rings is 4. The number of Topliss-reactive ketones (excluding diaryl/α,β-unsaturated/α-hetero) is 4. The van der Waals surface area contributed by atoms with Crippen molar-refractivity contribution < 1.29 is 28.7 Å². The second-order valence-corrected chi connectivity index (χ2v) is 14.8. The fourth-order valence-electron chi connectivity index (χ4n) is 7.27. The molecule has 6 heteroatoms. The van der Waals surface area contributed by atoms with E-state index in [0.717, 1.165) is 43.8 Å². The first-order valence-electron chi connectivity index (χ1n) is 16.2. The fourth-order valence-corrected chi connectivity index (χ4v) is 7.27. The Bertz CT molecular complexity index is 2190. The lowest BCUT2D eigenvalue weighted by Gasteiger charge is -2.25. The number of hydrogen-bond donors (Lipinski definition) is 0. The molecular formula is C41H38O6. The van der Waals surface area contributed by atoms with Crippen LogP contribution in [0.2, 0.25) is 0 Å². The summed E-state index contributed by atoms with van der Waals surface area (Å²) in [5.41, 5.74) is 5.30. The molecule has 2 aliphatic carbocycles. The molecule has 2 heterocycles. The van der Waals surface area contributed by atoms with E-state index in [4.69, 9.17) is 9.47 Å². The summed E-state index contributed by atoms with van der Waals surface area (Å²) < 4.78 is 11.9. The molecular weight excluding hydrogens is 588 g/mol. The van der Waals surface area contributed by atoms with Crippen molar-refractivity contribution >= 4 is 56.2 Å². The van der Waals surface area contributed by atoms with Crippen LogP contribution in [0.5, 0.6) is 0 Å². The summed E-state index contributed by atoms with van der Waals surface area (Å²) in [6.45, 7) is 16.2. The Balaban J connectivity index is 0.000000150. The minimum absolute atomic E-state index is 0.0264. The monoisotopic (exact) mass is 626 g/mol. The fraction of sp³-hybridized carbons (Fsp3) is 0.317. The van der Waals surface area contributed by atoms with Gasteiger partial charge in [-0.25, -0.2) is 0 Å². The van der Waals surface area contributed by atoms with Crippen molar-refractivity contribution in [3.05, 3.63) is 105 Å². The number of carbonyl (C=O) groups excluding carboxylic acids is 4. The van der Waals surface area contributed by atoms with E-state index in [1.165, 1.54) is 0 Å². The van der Waals surface area contributed by atoms with Crippen molar-refractivity contribution in [3.63, 3.8) is 0 Å². The third-order valence-electron chi connectivity index (χ3n) is 10.3. The van der Waals surface area contributed by atoms with Crippen molar-refractivity contribution in [1.82, 2.24) is 0 Å². The summed E-state index contributed by atoms with van der Waals surface area (Å²) in [5, 5.41) is 3.64. The quantitative estimate of drug-likeness (QED) is 0.182. The van der Waals surface area contributed by atoms with Gasteiger partial charge in [0.05, 0.1) is 5.57 Å². The van der Waals surface area contributed by atoms with E-state index >= 15 is 0 Å². The standard InChI is InChI=1S/C21H20O3.C20H18O3/c1-11-9-16-18(22)19(23)17-14(20(16)24-11)8-6-12-5-7-13(10-15(12)17)21(2,3)4;1-10-9-14-15(13-8-6-5-7-12(10)13)17(21)18(22)16-19(14)23-11(2)20(16,3)4/h5-8,10-11H,9H2,1-4H3;5-9,11H,1-4H3. The predicted octanol–water partition coefficient (Wildman–Crippen LogP) is 8.49. The Morgan fingerprint density at radius 2 is 1.34 bits per heavy atom. The minimum Gasteiger partial charge on any atom is -0.489 e. The second kappa shape index (κ2) is 10.3. The van der Waals surface area contributed by atoms with Gasteiger partial charge in [0.25, 0.3) is 0 Å².